The van der Waals surface area contributed by atoms with Crippen molar-refractivity contribution < 1.29 is 14.3 Å². The second kappa shape index (κ2) is 9.97. The molecule has 8 nitrogen and oxygen atoms in total. The average molecular weight is 448 g/mol. The standard InChI is InChI=1S/C23H21N5O3S/c1-30-19-13-11-18(12-14-19)28-23(25-26-27-28)32-21(16-7-4-3-5-8-16)22(29)24-17-9-6-10-20(15-17)31-2/h3-15,21H,1-2H3,(H,24,29). The van der Waals surface area contributed by atoms with Gasteiger partial charge in [0.15, 0.2) is 0 Å². The van der Waals surface area contributed by atoms with Gasteiger partial charge in [-0.05, 0) is 52.4 Å². The molecule has 0 spiro atoms. The molecule has 0 saturated heterocycles. The molecule has 3 aromatic carbocycles. The van der Waals surface area contributed by atoms with Crippen LogP contribution in [0.3, 0.4) is 0 Å². The van der Waals surface area contributed by atoms with E-state index in [1.54, 1.807) is 25.0 Å². The number of rotatable bonds is 8. The van der Waals surface area contributed by atoms with Crippen LogP contribution >= 0.6 is 11.8 Å². The van der Waals surface area contributed by atoms with Gasteiger partial charge in [-0.25, -0.2) is 0 Å². The van der Waals surface area contributed by atoms with Crippen molar-refractivity contribution in [1.29, 1.82) is 0 Å². The lowest BCUT2D eigenvalue weighted by Crippen LogP contribution is -2.19. The third-order valence-electron chi connectivity index (χ3n) is 4.66. The van der Waals surface area contributed by atoms with E-state index in [1.165, 1.54) is 11.8 Å². The summed E-state index contributed by atoms with van der Waals surface area (Å²) in [6.45, 7) is 0. The minimum Gasteiger partial charge on any atom is -0.497 e. The first-order valence-corrected chi connectivity index (χ1v) is 10.6. The molecule has 162 valence electrons. The SMILES string of the molecule is COc1ccc(-n2nnnc2SC(C(=O)Nc2cccc(OC)c2)c2ccccc2)cc1. The highest BCUT2D eigenvalue weighted by atomic mass is 32.2. The van der Waals surface area contributed by atoms with E-state index < -0.39 is 5.25 Å². The molecule has 32 heavy (non-hydrogen) atoms. The van der Waals surface area contributed by atoms with Crippen LogP contribution in [0.1, 0.15) is 10.8 Å². The van der Waals surface area contributed by atoms with Crippen LogP contribution in [-0.2, 0) is 4.79 Å². The molecule has 4 rings (SSSR count). The predicted octanol–water partition coefficient (Wildman–Crippen LogP) is 4.15. The molecule has 0 radical (unpaired) electrons. The fourth-order valence-electron chi connectivity index (χ4n) is 3.05. The normalized spacial score (nSPS) is 11.6. The number of benzene rings is 3. The first-order valence-electron chi connectivity index (χ1n) is 9.77. The van der Waals surface area contributed by atoms with Gasteiger partial charge in [0.05, 0.1) is 19.9 Å². The second-order valence-corrected chi connectivity index (χ2v) is 7.77. The van der Waals surface area contributed by atoms with Crippen molar-refractivity contribution in [2.24, 2.45) is 0 Å². The molecule has 1 unspecified atom stereocenters. The third kappa shape index (κ3) is 4.89. The van der Waals surface area contributed by atoms with Crippen molar-refractivity contribution in [2.45, 2.75) is 10.4 Å². The summed E-state index contributed by atoms with van der Waals surface area (Å²) in [7, 11) is 3.20. The van der Waals surface area contributed by atoms with Gasteiger partial charge in [-0.15, -0.1) is 5.10 Å². The number of methoxy groups -OCH3 is 2. The van der Waals surface area contributed by atoms with Crippen LogP contribution in [0.5, 0.6) is 11.5 Å². The lowest BCUT2D eigenvalue weighted by atomic mass is 10.1. The van der Waals surface area contributed by atoms with E-state index in [0.717, 1.165) is 17.0 Å². The maximum Gasteiger partial charge on any atom is 0.242 e. The Morgan fingerprint density at radius 1 is 0.938 bits per heavy atom. The molecule has 4 aromatic rings. The number of amides is 1. The Balaban J connectivity index is 1.62. The number of tetrazole rings is 1. The molecule has 1 amide bonds. The quantitative estimate of drug-likeness (QED) is 0.406. The smallest absolute Gasteiger partial charge is 0.242 e. The van der Waals surface area contributed by atoms with Crippen LogP contribution in [0, 0.1) is 0 Å². The molecule has 0 aliphatic carbocycles. The van der Waals surface area contributed by atoms with E-state index in [-0.39, 0.29) is 5.91 Å². The number of nitrogens with one attached hydrogen (secondary N) is 1. The molecule has 0 aliphatic heterocycles. The number of hydrogen-bond donors (Lipinski definition) is 1. The topological polar surface area (TPSA) is 91.2 Å². The Morgan fingerprint density at radius 2 is 1.69 bits per heavy atom. The lowest BCUT2D eigenvalue weighted by molar-refractivity contribution is -0.115. The first kappa shape index (κ1) is 21.4. The van der Waals surface area contributed by atoms with Crippen LogP contribution in [0.25, 0.3) is 5.69 Å². The minimum atomic E-state index is -0.578. The highest BCUT2D eigenvalue weighted by molar-refractivity contribution is 8.00. The summed E-state index contributed by atoms with van der Waals surface area (Å²) in [5.41, 5.74) is 2.24. The zero-order valence-electron chi connectivity index (χ0n) is 17.5. The van der Waals surface area contributed by atoms with Gasteiger partial charge in [-0.3, -0.25) is 4.79 Å². The van der Waals surface area contributed by atoms with Gasteiger partial charge in [-0.1, -0.05) is 48.2 Å². The molecule has 1 N–H and O–H groups in total. The summed E-state index contributed by atoms with van der Waals surface area (Å²) in [5, 5.41) is 14.9. The molecule has 9 heteroatoms. The largest absolute Gasteiger partial charge is 0.497 e. The zero-order chi connectivity index (χ0) is 22.3. The van der Waals surface area contributed by atoms with Gasteiger partial charge in [-0.2, -0.15) is 4.68 Å². The van der Waals surface area contributed by atoms with Crippen LogP contribution in [0.4, 0.5) is 5.69 Å². The van der Waals surface area contributed by atoms with E-state index >= 15 is 0 Å². The van der Waals surface area contributed by atoms with Gasteiger partial charge < -0.3 is 14.8 Å². The maximum atomic E-state index is 13.3. The molecule has 1 heterocycles. The number of carbonyl (C=O) groups is 1. The second-order valence-electron chi connectivity index (χ2n) is 6.70. The molecule has 0 fully saturated rings. The van der Waals surface area contributed by atoms with Gasteiger partial charge in [0.2, 0.25) is 11.1 Å². The first-order chi connectivity index (χ1) is 15.7. The summed E-state index contributed by atoms with van der Waals surface area (Å²) < 4.78 is 12.1. The number of hydrogen-bond acceptors (Lipinski definition) is 7. The Bertz CT molecular complexity index is 1180. The number of ether oxygens (including phenoxy) is 2. The third-order valence-corrected chi connectivity index (χ3v) is 5.85. The average Bonchev–Trinajstić information content (AvgIpc) is 3.31. The number of carbonyl (C=O) groups excluding carboxylic acids is 1. The van der Waals surface area contributed by atoms with Crippen molar-refractivity contribution in [3.63, 3.8) is 0 Å². The number of thioether (sulfide) groups is 1. The van der Waals surface area contributed by atoms with E-state index in [1.807, 2.05) is 72.8 Å². The Labute approximate surface area is 189 Å². The van der Waals surface area contributed by atoms with Crippen LogP contribution in [0.15, 0.2) is 84.0 Å². The summed E-state index contributed by atoms with van der Waals surface area (Å²) in [4.78, 5) is 13.3. The number of nitrogens with zero attached hydrogens (tertiary/aromatic N) is 4. The molecular weight excluding hydrogens is 426 g/mol. The lowest BCUT2D eigenvalue weighted by Gasteiger charge is -2.17. The molecule has 1 aromatic heterocycles. The fourth-order valence-corrected chi connectivity index (χ4v) is 4.05. The summed E-state index contributed by atoms with van der Waals surface area (Å²) in [6, 6.07) is 24.1. The van der Waals surface area contributed by atoms with Gasteiger partial charge >= 0.3 is 0 Å². The Kier molecular flexibility index (Phi) is 6.66. The van der Waals surface area contributed by atoms with Gasteiger partial charge in [0.25, 0.3) is 0 Å². The van der Waals surface area contributed by atoms with E-state index in [9.17, 15) is 4.79 Å². The monoisotopic (exact) mass is 447 g/mol. The van der Waals surface area contributed by atoms with Gasteiger partial charge in [0, 0.05) is 11.8 Å². The Hall–Kier alpha value is -3.85. The van der Waals surface area contributed by atoms with E-state index in [2.05, 4.69) is 20.8 Å². The maximum absolute atomic E-state index is 13.3. The highest BCUT2D eigenvalue weighted by Gasteiger charge is 2.25. The highest BCUT2D eigenvalue weighted by Crippen LogP contribution is 2.36. The predicted molar refractivity (Wildman–Crippen MR) is 122 cm³/mol. The van der Waals surface area contributed by atoms with E-state index in [4.69, 9.17) is 9.47 Å². The van der Waals surface area contributed by atoms with Crippen molar-refractivity contribution >= 4 is 23.4 Å². The summed E-state index contributed by atoms with van der Waals surface area (Å²) in [6.07, 6.45) is 0. The van der Waals surface area contributed by atoms with Crippen LogP contribution in [0.2, 0.25) is 0 Å². The summed E-state index contributed by atoms with van der Waals surface area (Å²) in [5.74, 6) is 1.20. The van der Waals surface area contributed by atoms with Crippen molar-refractivity contribution in [3.8, 4) is 17.2 Å². The molecule has 0 aliphatic rings. The van der Waals surface area contributed by atoms with Crippen LogP contribution in [-0.4, -0.2) is 40.3 Å². The Morgan fingerprint density at radius 3 is 2.41 bits per heavy atom. The van der Waals surface area contributed by atoms with E-state index in [0.29, 0.717) is 16.6 Å². The van der Waals surface area contributed by atoms with Crippen LogP contribution < -0.4 is 14.8 Å². The van der Waals surface area contributed by atoms with Crippen molar-refractivity contribution in [2.75, 3.05) is 19.5 Å². The van der Waals surface area contributed by atoms with Crippen molar-refractivity contribution in [1.82, 2.24) is 20.2 Å². The van der Waals surface area contributed by atoms with Gasteiger partial charge in [0.1, 0.15) is 16.7 Å². The molecule has 0 bridgehead atoms. The number of aromatic nitrogens is 4. The molecule has 0 saturated carbocycles. The van der Waals surface area contributed by atoms with Crippen molar-refractivity contribution in [3.05, 3.63) is 84.4 Å². The zero-order valence-corrected chi connectivity index (χ0v) is 18.3. The fraction of sp³-hybridized carbons (Fsp3) is 0.130. The minimum absolute atomic E-state index is 0.196. The molecule has 1 atom stereocenters. The molecular formula is C23H21N5O3S. The summed E-state index contributed by atoms with van der Waals surface area (Å²) >= 11 is 1.27. The number of anilines is 1.